The van der Waals surface area contributed by atoms with Gasteiger partial charge in [-0.25, -0.2) is 0 Å². The fourth-order valence-corrected chi connectivity index (χ4v) is 2.97. The van der Waals surface area contributed by atoms with Crippen LogP contribution in [0.3, 0.4) is 0 Å². The molecule has 0 saturated heterocycles. The zero-order valence-electron chi connectivity index (χ0n) is 14.1. The summed E-state index contributed by atoms with van der Waals surface area (Å²) >= 11 is 0. The van der Waals surface area contributed by atoms with Crippen molar-refractivity contribution >= 4 is 22.4 Å². The predicted molar refractivity (Wildman–Crippen MR) is 97.7 cm³/mol. The second-order valence-corrected chi connectivity index (χ2v) is 5.89. The molecule has 0 spiro atoms. The fourth-order valence-electron chi connectivity index (χ4n) is 2.97. The normalized spacial score (nSPS) is 10.8. The monoisotopic (exact) mass is 320 g/mol. The number of hydrogen-bond acceptors (Lipinski definition) is 2. The molecular weight excluding hydrogens is 300 g/mol. The number of benzene rings is 2. The molecular formula is C20H20N2O2. The smallest absolute Gasteiger partial charge is 0.260 e. The maximum atomic E-state index is 13.2. The quantitative estimate of drug-likeness (QED) is 0.741. The molecule has 0 radical (unpaired) electrons. The van der Waals surface area contributed by atoms with Crippen LogP contribution in [0.15, 0.2) is 59.5 Å². The molecule has 1 heterocycles. The van der Waals surface area contributed by atoms with Gasteiger partial charge in [0.1, 0.15) is 0 Å². The van der Waals surface area contributed by atoms with Gasteiger partial charge in [0.2, 0.25) is 0 Å². The summed E-state index contributed by atoms with van der Waals surface area (Å²) in [5.74, 6) is -0.102. The molecule has 122 valence electrons. The molecule has 3 aromatic rings. The average Bonchev–Trinajstić information content (AvgIpc) is 2.59. The molecule has 3 rings (SSSR count). The second-order valence-electron chi connectivity index (χ2n) is 5.89. The molecule has 0 fully saturated rings. The molecule has 0 saturated carbocycles. The summed E-state index contributed by atoms with van der Waals surface area (Å²) in [5, 5.41) is 1.25. The van der Waals surface area contributed by atoms with Crippen molar-refractivity contribution in [1.29, 1.82) is 0 Å². The Morgan fingerprint density at radius 3 is 2.46 bits per heavy atom. The molecule has 0 aliphatic rings. The Balaban J connectivity index is 2.17. The third-order valence-corrected chi connectivity index (χ3v) is 4.20. The van der Waals surface area contributed by atoms with Crippen LogP contribution < -0.4 is 10.5 Å². The molecule has 4 nitrogen and oxygen atoms in total. The summed E-state index contributed by atoms with van der Waals surface area (Å²) in [5.41, 5.74) is 2.40. The lowest BCUT2D eigenvalue weighted by Gasteiger charge is -2.22. The third-order valence-electron chi connectivity index (χ3n) is 4.20. The van der Waals surface area contributed by atoms with E-state index in [9.17, 15) is 9.59 Å². The van der Waals surface area contributed by atoms with Crippen LogP contribution in [-0.4, -0.2) is 17.0 Å². The molecule has 0 aliphatic carbocycles. The lowest BCUT2D eigenvalue weighted by atomic mass is 10.1. The molecule has 2 aromatic carbocycles. The fraction of sp³-hybridized carbons (Fsp3) is 0.200. The van der Waals surface area contributed by atoms with Crippen LogP contribution in [0.4, 0.5) is 5.69 Å². The largest absolute Gasteiger partial charge is 0.317 e. The minimum Gasteiger partial charge on any atom is -0.317 e. The third kappa shape index (κ3) is 2.71. The number of rotatable bonds is 3. The number of nitrogens with zero attached hydrogens (tertiary/aromatic N) is 2. The van der Waals surface area contributed by atoms with Crippen LogP contribution in [0.2, 0.25) is 0 Å². The number of fused-ring (bicyclic) bond motifs is 1. The van der Waals surface area contributed by atoms with Crippen LogP contribution in [0, 0.1) is 6.92 Å². The summed E-state index contributed by atoms with van der Waals surface area (Å²) in [7, 11) is 1.68. The van der Waals surface area contributed by atoms with Gasteiger partial charge in [-0.05, 0) is 37.6 Å². The highest BCUT2D eigenvalue weighted by Crippen LogP contribution is 2.22. The molecule has 0 aliphatic heterocycles. The Morgan fingerprint density at radius 1 is 1.08 bits per heavy atom. The summed E-state index contributed by atoms with van der Waals surface area (Å²) < 4.78 is 1.47. The van der Waals surface area contributed by atoms with E-state index >= 15 is 0 Å². The first-order chi connectivity index (χ1) is 11.5. The lowest BCUT2D eigenvalue weighted by Crippen LogP contribution is -2.32. The van der Waals surface area contributed by atoms with E-state index in [4.69, 9.17) is 0 Å². The van der Waals surface area contributed by atoms with Crippen molar-refractivity contribution in [3.8, 4) is 0 Å². The number of hydrogen-bond donors (Lipinski definition) is 0. The Kier molecular flexibility index (Phi) is 4.21. The van der Waals surface area contributed by atoms with E-state index < -0.39 is 0 Å². The van der Waals surface area contributed by atoms with Crippen LogP contribution in [-0.2, 0) is 7.05 Å². The molecule has 1 amide bonds. The van der Waals surface area contributed by atoms with Crippen LogP contribution >= 0.6 is 0 Å². The van der Waals surface area contributed by atoms with Crippen LogP contribution in [0.1, 0.15) is 22.8 Å². The molecule has 0 N–H and O–H groups in total. The SMILES string of the molecule is CCN(C(=O)c1cn(C)c(=O)c2ccccc12)c1cccc(C)c1. The number of carbonyl (C=O) groups is 1. The number of pyridine rings is 1. The number of aryl methyl sites for hydroxylation is 2. The van der Waals surface area contributed by atoms with Crippen molar-refractivity contribution in [1.82, 2.24) is 4.57 Å². The van der Waals surface area contributed by atoms with Crippen LogP contribution in [0.5, 0.6) is 0 Å². The lowest BCUT2D eigenvalue weighted by molar-refractivity contribution is 0.0989. The van der Waals surface area contributed by atoms with Gasteiger partial charge in [-0.3, -0.25) is 9.59 Å². The zero-order valence-corrected chi connectivity index (χ0v) is 14.1. The summed E-state index contributed by atoms with van der Waals surface area (Å²) in [6.07, 6.45) is 1.63. The zero-order chi connectivity index (χ0) is 17.3. The molecule has 4 heteroatoms. The Morgan fingerprint density at radius 2 is 1.79 bits per heavy atom. The van der Waals surface area contributed by atoms with Gasteiger partial charge in [0, 0.05) is 36.2 Å². The van der Waals surface area contributed by atoms with Gasteiger partial charge >= 0.3 is 0 Å². The van der Waals surface area contributed by atoms with Gasteiger partial charge < -0.3 is 9.47 Å². The maximum Gasteiger partial charge on any atom is 0.260 e. The van der Waals surface area contributed by atoms with Gasteiger partial charge in [-0.2, -0.15) is 0 Å². The summed E-state index contributed by atoms with van der Waals surface area (Å²) in [6.45, 7) is 4.51. The van der Waals surface area contributed by atoms with E-state index in [1.54, 1.807) is 24.2 Å². The van der Waals surface area contributed by atoms with Crippen molar-refractivity contribution < 1.29 is 4.79 Å². The minimum atomic E-state index is -0.102. The van der Waals surface area contributed by atoms with Crippen molar-refractivity contribution in [3.05, 3.63) is 76.2 Å². The Bertz CT molecular complexity index is 973. The van der Waals surface area contributed by atoms with Crippen molar-refractivity contribution in [2.75, 3.05) is 11.4 Å². The van der Waals surface area contributed by atoms with E-state index in [2.05, 4.69) is 0 Å². The van der Waals surface area contributed by atoms with E-state index in [1.807, 2.05) is 56.3 Å². The number of anilines is 1. The Hall–Kier alpha value is -2.88. The highest BCUT2D eigenvalue weighted by molar-refractivity contribution is 6.13. The topological polar surface area (TPSA) is 42.3 Å². The average molecular weight is 320 g/mol. The van der Waals surface area contributed by atoms with Crippen molar-refractivity contribution in [2.45, 2.75) is 13.8 Å². The highest BCUT2D eigenvalue weighted by atomic mass is 16.2. The van der Waals surface area contributed by atoms with Gasteiger partial charge in [0.25, 0.3) is 11.5 Å². The first-order valence-corrected chi connectivity index (χ1v) is 8.00. The number of amides is 1. The van der Waals surface area contributed by atoms with Crippen molar-refractivity contribution in [2.24, 2.45) is 7.05 Å². The summed E-state index contributed by atoms with van der Waals surface area (Å²) in [4.78, 5) is 27.2. The van der Waals surface area contributed by atoms with Gasteiger partial charge in [-0.1, -0.05) is 30.3 Å². The maximum absolute atomic E-state index is 13.2. The second kappa shape index (κ2) is 6.32. The number of carbonyl (C=O) groups excluding carboxylic acids is 1. The van der Waals surface area contributed by atoms with Crippen molar-refractivity contribution in [3.63, 3.8) is 0 Å². The van der Waals surface area contributed by atoms with E-state index in [1.165, 1.54) is 4.57 Å². The first kappa shape index (κ1) is 16.0. The van der Waals surface area contributed by atoms with Gasteiger partial charge in [-0.15, -0.1) is 0 Å². The molecule has 0 unspecified atom stereocenters. The highest BCUT2D eigenvalue weighted by Gasteiger charge is 2.20. The van der Waals surface area contributed by atoms with Crippen LogP contribution in [0.25, 0.3) is 10.8 Å². The molecule has 0 atom stereocenters. The molecule has 24 heavy (non-hydrogen) atoms. The molecule has 0 bridgehead atoms. The van der Waals surface area contributed by atoms with E-state index in [0.717, 1.165) is 11.3 Å². The molecule has 1 aromatic heterocycles. The van der Waals surface area contributed by atoms with Gasteiger partial charge in [0.05, 0.1) is 5.56 Å². The first-order valence-electron chi connectivity index (χ1n) is 8.00. The van der Waals surface area contributed by atoms with Gasteiger partial charge in [0.15, 0.2) is 0 Å². The Labute approximate surface area is 141 Å². The standard InChI is InChI=1S/C20H20N2O2/c1-4-22(15-9-7-8-14(2)12-15)20(24)18-13-21(3)19(23)17-11-6-5-10-16(17)18/h5-13H,4H2,1-3H3. The minimum absolute atomic E-state index is 0.0965. The number of aromatic nitrogens is 1. The summed E-state index contributed by atoms with van der Waals surface area (Å²) in [6, 6.07) is 15.1. The van der Waals surface area contributed by atoms with E-state index in [0.29, 0.717) is 22.9 Å². The predicted octanol–water partition coefficient (Wildman–Crippen LogP) is 3.51. The van der Waals surface area contributed by atoms with E-state index in [-0.39, 0.29) is 11.5 Å².